The second kappa shape index (κ2) is 8.63. The number of nitro groups is 1. The van der Waals surface area contributed by atoms with Crippen LogP contribution < -0.4 is 10.1 Å². The molecule has 0 saturated carbocycles. The van der Waals surface area contributed by atoms with Crippen LogP contribution in [0.25, 0.3) is 10.9 Å². The highest BCUT2D eigenvalue weighted by Crippen LogP contribution is 2.27. The number of ether oxygens (including phenoxy) is 1. The molecule has 4 aromatic rings. The molecule has 0 aliphatic heterocycles. The number of hydrogen-bond acceptors (Lipinski definition) is 5. The Bertz CT molecular complexity index is 1270. The van der Waals surface area contributed by atoms with Gasteiger partial charge in [0.15, 0.2) is 5.82 Å². The second-order valence-electron chi connectivity index (χ2n) is 6.60. The van der Waals surface area contributed by atoms with E-state index in [0.717, 1.165) is 5.56 Å². The third-order valence-corrected chi connectivity index (χ3v) is 4.88. The Morgan fingerprint density at radius 3 is 2.45 bits per heavy atom. The fourth-order valence-electron chi connectivity index (χ4n) is 2.92. The molecule has 0 fully saturated rings. The number of hydrogen-bond donors (Lipinski definition) is 2. The van der Waals surface area contributed by atoms with Gasteiger partial charge in [-0.25, -0.2) is 0 Å². The van der Waals surface area contributed by atoms with Crippen molar-refractivity contribution in [2.75, 3.05) is 5.32 Å². The fourth-order valence-corrected chi connectivity index (χ4v) is 3.45. The molecule has 10 heteroatoms. The smallest absolute Gasteiger partial charge is 0.269 e. The number of halogens is 2. The van der Waals surface area contributed by atoms with Crippen LogP contribution in [0.2, 0.25) is 10.0 Å². The van der Waals surface area contributed by atoms with Gasteiger partial charge in [0.05, 0.1) is 10.4 Å². The number of benzene rings is 3. The van der Waals surface area contributed by atoms with Crippen molar-refractivity contribution in [2.24, 2.45) is 0 Å². The summed E-state index contributed by atoms with van der Waals surface area (Å²) < 4.78 is 5.79. The van der Waals surface area contributed by atoms with E-state index in [-0.39, 0.29) is 12.3 Å². The van der Waals surface area contributed by atoms with Gasteiger partial charge in [-0.05, 0) is 54.1 Å². The van der Waals surface area contributed by atoms with E-state index in [4.69, 9.17) is 27.9 Å². The lowest BCUT2D eigenvalue weighted by molar-refractivity contribution is -0.384. The molecular formula is C21H14Cl2N4O4. The highest BCUT2D eigenvalue weighted by Gasteiger charge is 2.13. The molecule has 4 rings (SSSR count). The first-order chi connectivity index (χ1) is 14.9. The van der Waals surface area contributed by atoms with Crippen LogP contribution in [-0.2, 0) is 6.61 Å². The Labute approximate surface area is 185 Å². The SMILES string of the molecule is O=C(Nc1n[nH]c2ccc(OCc3ccc([N+](=O)[O-])cc3)cc12)c1cc(Cl)cc(Cl)c1. The first-order valence-electron chi connectivity index (χ1n) is 9.01. The molecule has 1 heterocycles. The topological polar surface area (TPSA) is 110 Å². The largest absolute Gasteiger partial charge is 0.489 e. The zero-order chi connectivity index (χ0) is 22.0. The number of aromatic amines is 1. The van der Waals surface area contributed by atoms with Crippen LogP contribution in [0.1, 0.15) is 15.9 Å². The number of anilines is 1. The number of carbonyl (C=O) groups excluding carboxylic acids is 1. The summed E-state index contributed by atoms with van der Waals surface area (Å²) in [6.07, 6.45) is 0. The fraction of sp³-hybridized carbons (Fsp3) is 0.0476. The number of fused-ring (bicyclic) bond motifs is 1. The summed E-state index contributed by atoms with van der Waals surface area (Å²) in [7, 11) is 0. The zero-order valence-electron chi connectivity index (χ0n) is 15.8. The minimum atomic E-state index is -0.454. The molecule has 0 spiro atoms. The van der Waals surface area contributed by atoms with E-state index in [0.29, 0.717) is 38.1 Å². The molecule has 0 radical (unpaired) electrons. The standard InChI is InChI=1S/C21H14Cl2N4O4/c22-14-7-13(8-15(23)9-14)21(28)24-20-18-10-17(5-6-19(18)25-26-20)31-11-12-1-3-16(4-2-12)27(29)30/h1-10H,11H2,(H2,24,25,26,28). The van der Waals surface area contributed by atoms with Crippen molar-refractivity contribution in [3.63, 3.8) is 0 Å². The van der Waals surface area contributed by atoms with E-state index in [1.54, 1.807) is 36.4 Å². The molecule has 1 amide bonds. The third kappa shape index (κ3) is 4.76. The van der Waals surface area contributed by atoms with Crippen LogP contribution in [-0.4, -0.2) is 21.0 Å². The van der Waals surface area contributed by atoms with Crippen LogP contribution in [0.5, 0.6) is 5.75 Å². The maximum Gasteiger partial charge on any atom is 0.269 e. The Morgan fingerprint density at radius 1 is 1.06 bits per heavy atom. The molecule has 2 N–H and O–H groups in total. The van der Waals surface area contributed by atoms with Crippen LogP contribution in [0.3, 0.4) is 0 Å². The molecule has 0 aliphatic rings. The first-order valence-corrected chi connectivity index (χ1v) is 9.76. The maximum absolute atomic E-state index is 12.6. The number of nitrogens with zero attached hydrogens (tertiary/aromatic N) is 2. The van der Waals surface area contributed by atoms with Gasteiger partial charge in [-0.1, -0.05) is 23.2 Å². The summed E-state index contributed by atoms with van der Waals surface area (Å²) >= 11 is 11.9. The minimum Gasteiger partial charge on any atom is -0.489 e. The molecule has 0 atom stereocenters. The predicted octanol–water partition coefficient (Wildman–Crippen LogP) is 5.61. The lowest BCUT2D eigenvalue weighted by Crippen LogP contribution is -2.12. The van der Waals surface area contributed by atoms with Crippen molar-refractivity contribution >= 4 is 51.5 Å². The number of carbonyl (C=O) groups is 1. The van der Waals surface area contributed by atoms with Crippen molar-refractivity contribution < 1.29 is 14.5 Å². The van der Waals surface area contributed by atoms with E-state index in [9.17, 15) is 14.9 Å². The lowest BCUT2D eigenvalue weighted by Gasteiger charge is -2.07. The summed E-state index contributed by atoms with van der Waals surface area (Å²) in [5.74, 6) is 0.473. The van der Waals surface area contributed by atoms with Gasteiger partial charge in [0.2, 0.25) is 0 Å². The number of nitro benzene ring substituents is 1. The predicted molar refractivity (Wildman–Crippen MR) is 118 cm³/mol. The average Bonchev–Trinajstić information content (AvgIpc) is 3.14. The van der Waals surface area contributed by atoms with Crippen LogP contribution in [0.15, 0.2) is 60.7 Å². The van der Waals surface area contributed by atoms with E-state index in [1.807, 2.05) is 0 Å². The van der Waals surface area contributed by atoms with Crippen molar-refractivity contribution in [2.45, 2.75) is 6.61 Å². The normalized spacial score (nSPS) is 10.8. The van der Waals surface area contributed by atoms with Gasteiger partial charge in [-0.2, -0.15) is 5.10 Å². The first kappa shape index (κ1) is 20.6. The molecule has 0 aliphatic carbocycles. The van der Waals surface area contributed by atoms with Gasteiger partial charge >= 0.3 is 0 Å². The van der Waals surface area contributed by atoms with Crippen molar-refractivity contribution in [3.8, 4) is 5.75 Å². The summed E-state index contributed by atoms with van der Waals surface area (Å²) in [4.78, 5) is 22.9. The van der Waals surface area contributed by atoms with Crippen molar-refractivity contribution in [1.29, 1.82) is 0 Å². The number of rotatable bonds is 6. The number of aromatic nitrogens is 2. The highest BCUT2D eigenvalue weighted by atomic mass is 35.5. The summed E-state index contributed by atoms with van der Waals surface area (Å²) in [6, 6.07) is 16.0. The van der Waals surface area contributed by atoms with Gasteiger partial charge in [0.1, 0.15) is 12.4 Å². The monoisotopic (exact) mass is 456 g/mol. The number of non-ortho nitro benzene ring substituents is 1. The van der Waals surface area contributed by atoms with Crippen LogP contribution >= 0.6 is 23.2 Å². The van der Waals surface area contributed by atoms with E-state index in [2.05, 4.69) is 15.5 Å². The Kier molecular flexibility index (Phi) is 5.75. The van der Waals surface area contributed by atoms with Crippen LogP contribution in [0, 0.1) is 10.1 Å². The molecule has 8 nitrogen and oxygen atoms in total. The van der Waals surface area contributed by atoms with Crippen molar-refractivity contribution in [1.82, 2.24) is 10.2 Å². The Morgan fingerprint density at radius 2 is 1.77 bits per heavy atom. The molecule has 156 valence electrons. The van der Waals surface area contributed by atoms with E-state index in [1.165, 1.54) is 24.3 Å². The highest BCUT2D eigenvalue weighted by molar-refractivity contribution is 6.35. The quantitative estimate of drug-likeness (QED) is 0.289. The average molecular weight is 457 g/mol. The lowest BCUT2D eigenvalue weighted by atomic mass is 10.2. The number of amides is 1. The third-order valence-electron chi connectivity index (χ3n) is 4.44. The molecule has 0 saturated heterocycles. The van der Waals surface area contributed by atoms with Crippen LogP contribution in [0.4, 0.5) is 11.5 Å². The summed E-state index contributed by atoms with van der Waals surface area (Å²) in [6.45, 7) is 0.226. The minimum absolute atomic E-state index is 0.0185. The number of nitrogens with one attached hydrogen (secondary N) is 2. The van der Waals surface area contributed by atoms with E-state index < -0.39 is 10.8 Å². The van der Waals surface area contributed by atoms with Crippen molar-refractivity contribution in [3.05, 3.63) is 92.0 Å². The molecule has 3 aromatic carbocycles. The maximum atomic E-state index is 12.6. The van der Waals surface area contributed by atoms with Gasteiger partial charge in [-0.3, -0.25) is 20.0 Å². The second-order valence-corrected chi connectivity index (χ2v) is 7.48. The van der Waals surface area contributed by atoms with Gasteiger partial charge in [0, 0.05) is 33.1 Å². The van der Waals surface area contributed by atoms with Gasteiger partial charge in [0.25, 0.3) is 11.6 Å². The van der Waals surface area contributed by atoms with E-state index >= 15 is 0 Å². The van der Waals surface area contributed by atoms with Gasteiger partial charge < -0.3 is 10.1 Å². The molecular weight excluding hydrogens is 443 g/mol. The summed E-state index contributed by atoms with van der Waals surface area (Å²) in [5.41, 5.74) is 1.82. The summed E-state index contributed by atoms with van der Waals surface area (Å²) in [5, 5.41) is 21.8. The Balaban J connectivity index is 1.50. The Hall–Kier alpha value is -3.62. The number of H-pyrrole nitrogens is 1. The zero-order valence-corrected chi connectivity index (χ0v) is 17.3. The van der Waals surface area contributed by atoms with Gasteiger partial charge in [-0.15, -0.1) is 0 Å². The molecule has 1 aromatic heterocycles. The molecule has 0 bridgehead atoms. The molecule has 31 heavy (non-hydrogen) atoms. The molecule has 0 unspecified atom stereocenters.